The van der Waals surface area contributed by atoms with Crippen molar-refractivity contribution >= 4 is 5.91 Å². The third-order valence-corrected chi connectivity index (χ3v) is 19.3. The molecule has 0 aromatic carbocycles. The Balaban J connectivity index is 3.36. The maximum atomic E-state index is 12.6. The van der Waals surface area contributed by atoms with E-state index in [0.717, 1.165) is 25.7 Å². The van der Waals surface area contributed by atoms with Gasteiger partial charge in [-0.25, -0.2) is 0 Å². The summed E-state index contributed by atoms with van der Waals surface area (Å²) in [4.78, 5) is 12.6. The van der Waals surface area contributed by atoms with E-state index in [1.54, 1.807) is 6.08 Å². The van der Waals surface area contributed by atoms with Gasteiger partial charge in [0.2, 0.25) is 5.91 Å². The van der Waals surface area contributed by atoms with Crippen LogP contribution in [0.5, 0.6) is 0 Å². The van der Waals surface area contributed by atoms with Gasteiger partial charge >= 0.3 is 0 Å². The number of nitrogens with one attached hydrogen (secondary N) is 1. The first-order valence-electron chi connectivity index (χ1n) is 39.9. The monoisotopic (exact) mass is 1180 g/mol. The molecule has 0 saturated heterocycles. The van der Waals surface area contributed by atoms with Gasteiger partial charge in [0.05, 0.1) is 18.8 Å². The molecule has 0 bridgehead atoms. The Hall–Kier alpha value is -0.870. The van der Waals surface area contributed by atoms with Crippen LogP contribution >= 0.6 is 0 Å². The lowest BCUT2D eigenvalue weighted by Crippen LogP contribution is -2.45. The van der Waals surface area contributed by atoms with E-state index in [-0.39, 0.29) is 12.5 Å². The highest BCUT2D eigenvalue weighted by Gasteiger charge is 2.18. The number of unbranched alkanes of at least 4 members (excludes halogenated alkanes) is 69. The summed E-state index contributed by atoms with van der Waals surface area (Å²) in [6.07, 6.45) is 104. The van der Waals surface area contributed by atoms with Crippen molar-refractivity contribution in [2.75, 3.05) is 6.61 Å². The molecule has 502 valence electrons. The van der Waals surface area contributed by atoms with Crippen LogP contribution in [0.3, 0.4) is 0 Å². The zero-order valence-corrected chi connectivity index (χ0v) is 58.2. The van der Waals surface area contributed by atoms with E-state index >= 15 is 0 Å². The van der Waals surface area contributed by atoms with Gasteiger partial charge in [0, 0.05) is 6.42 Å². The van der Waals surface area contributed by atoms with Gasteiger partial charge in [-0.05, 0) is 19.3 Å². The van der Waals surface area contributed by atoms with Crippen LogP contribution in [-0.4, -0.2) is 34.9 Å². The zero-order chi connectivity index (χ0) is 60.5. The molecule has 0 rings (SSSR count). The Bertz CT molecular complexity index is 1200. The average Bonchev–Trinajstić information content (AvgIpc) is 3.50. The van der Waals surface area contributed by atoms with Crippen LogP contribution in [0, 0.1) is 0 Å². The smallest absolute Gasteiger partial charge is 0.220 e. The van der Waals surface area contributed by atoms with Gasteiger partial charge in [0.1, 0.15) is 0 Å². The van der Waals surface area contributed by atoms with Crippen LogP contribution in [0.2, 0.25) is 0 Å². The van der Waals surface area contributed by atoms with E-state index in [9.17, 15) is 15.0 Å². The molecule has 2 atom stereocenters. The van der Waals surface area contributed by atoms with E-state index in [4.69, 9.17) is 0 Å². The third kappa shape index (κ3) is 71.9. The molecule has 0 spiro atoms. The number of aliphatic hydroxyl groups is 2. The molecule has 2 unspecified atom stereocenters. The minimum Gasteiger partial charge on any atom is -0.394 e. The third-order valence-electron chi connectivity index (χ3n) is 19.3. The summed E-state index contributed by atoms with van der Waals surface area (Å²) < 4.78 is 0. The second-order valence-electron chi connectivity index (χ2n) is 27.9. The summed E-state index contributed by atoms with van der Waals surface area (Å²) in [5.74, 6) is -0.0517. The normalized spacial score (nSPS) is 12.6. The maximum absolute atomic E-state index is 12.6. The molecule has 4 heteroatoms. The van der Waals surface area contributed by atoms with Crippen LogP contribution in [-0.2, 0) is 4.79 Å². The number of hydrogen-bond acceptors (Lipinski definition) is 3. The summed E-state index contributed by atoms with van der Waals surface area (Å²) in [7, 11) is 0. The van der Waals surface area contributed by atoms with Gasteiger partial charge < -0.3 is 15.5 Å². The average molecular weight is 1180 g/mol. The van der Waals surface area contributed by atoms with Crippen molar-refractivity contribution in [2.45, 2.75) is 488 Å². The van der Waals surface area contributed by atoms with E-state index in [1.807, 2.05) is 6.08 Å². The van der Waals surface area contributed by atoms with Crippen molar-refractivity contribution in [3.63, 3.8) is 0 Å². The molecular weight excluding hydrogens is 1020 g/mol. The predicted molar refractivity (Wildman–Crippen MR) is 378 cm³/mol. The fraction of sp³-hybridized carbons (Fsp3) is 0.963. The zero-order valence-electron chi connectivity index (χ0n) is 58.2. The van der Waals surface area contributed by atoms with Crippen molar-refractivity contribution in [3.05, 3.63) is 12.2 Å². The molecule has 0 heterocycles. The van der Waals surface area contributed by atoms with Crippen LogP contribution in [0.1, 0.15) is 476 Å². The predicted octanol–water partition coefficient (Wildman–Crippen LogP) is 27.5. The highest BCUT2D eigenvalue weighted by molar-refractivity contribution is 5.76. The van der Waals surface area contributed by atoms with Crippen molar-refractivity contribution in [1.82, 2.24) is 5.32 Å². The lowest BCUT2D eigenvalue weighted by molar-refractivity contribution is -0.123. The van der Waals surface area contributed by atoms with Gasteiger partial charge in [-0.1, -0.05) is 463 Å². The summed E-state index contributed by atoms with van der Waals surface area (Å²) >= 11 is 0. The molecular formula is C80H159NO3. The molecule has 0 aromatic heterocycles. The number of rotatable bonds is 76. The van der Waals surface area contributed by atoms with Gasteiger partial charge in [-0.15, -0.1) is 0 Å². The molecule has 4 nitrogen and oxygen atoms in total. The molecule has 1 amide bonds. The van der Waals surface area contributed by atoms with Crippen molar-refractivity contribution in [1.29, 1.82) is 0 Å². The number of amides is 1. The first-order valence-corrected chi connectivity index (χ1v) is 39.9. The standard InChI is InChI=1S/C80H159NO3/c1-3-5-7-9-11-13-15-17-19-21-23-25-27-29-31-33-35-37-38-39-40-41-42-43-44-46-48-50-52-54-56-58-60-62-64-66-68-70-72-74-76-80(84)81-78(77-82)79(83)75-73-71-69-67-65-63-61-59-57-55-53-51-49-47-45-36-34-32-30-28-26-24-22-20-18-16-14-12-10-8-6-4-2/h73,75,78-79,82-83H,3-72,74,76-77H2,1-2H3,(H,81,84)/b75-73+. The second-order valence-corrected chi connectivity index (χ2v) is 27.9. The topological polar surface area (TPSA) is 69.6 Å². The first-order chi connectivity index (χ1) is 41.7. The quantitative estimate of drug-likeness (QED) is 0.0420. The fourth-order valence-corrected chi connectivity index (χ4v) is 13.2. The number of carbonyl (C=O) groups excluding carboxylic acids is 1. The highest BCUT2D eigenvalue weighted by Crippen LogP contribution is 2.21. The molecule has 3 N–H and O–H groups in total. The van der Waals surface area contributed by atoms with Gasteiger partial charge in [-0.2, -0.15) is 0 Å². The first kappa shape index (κ1) is 83.1. The molecule has 84 heavy (non-hydrogen) atoms. The van der Waals surface area contributed by atoms with Crippen LogP contribution in [0.25, 0.3) is 0 Å². The second kappa shape index (κ2) is 76.4. The number of aliphatic hydroxyl groups excluding tert-OH is 2. The molecule has 0 aliphatic rings. The van der Waals surface area contributed by atoms with E-state index in [1.165, 1.54) is 430 Å². The SMILES string of the molecule is CCCCCCCCCCCCCCCCCCCCCCCCCCCCCCCC/C=C/C(O)C(CO)NC(=O)CCCCCCCCCCCCCCCCCCCCCCCCCCCCCCCCCCCCCCCCCC. The maximum Gasteiger partial charge on any atom is 0.220 e. The van der Waals surface area contributed by atoms with Crippen LogP contribution in [0.15, 0.2) is 12.2 Å². The van der Waals surface area contributed by atoms with Gasteiger partial charge in [-0.3, -0.25) is 4.79 Å². The summed E-state index contributed by atoms with van der Waals surface area (Å²) in [5, 5.41) is 23.4. The molecule has 0 radical (unpaired) electrons. The Labute approximate surface area is 530 Å². The summed E-state index contributed by atoms with van der Waals surface area (Å²) in [5.41, 5.74) is 0. The molecule has 0 aliphatic heterocycles. The van der Waals surface area contributed by atoms with Crippen LogP contribution < -0.4 is 5.32 Å². The molecule has 0 saturated carbocycles. The fourth-order valence-electron chi connectivity index (χ4n) is 13.2. The molecule has 0 aromatic rings. The summed E-state index contributed by atoms with van der Waals surface area (Å²) in [6.45, 7) is 4.38. The Kier molecular flexibility index (Phi) is 75.6. The minimum absolute atomic E-state index is 0.0517. The molecule has 0 aliphatic carbocycles. The number of allylic oxidation sites excluding steroid dienone is 1. The minimum atomic E-state index is -0.838. The number of hydrogen-bond donors (Lipinski definition) is 3. The van der Waals surface area contributed by atoms with Crippen molar-refractivity contribution in [3.8, 4) is 0 Å². The lowest BCUT2D eigenvalue weighted by Gasteiger charge is -2.20. The van der Waals surface area contributed by atoms with Gasteiger partial charge in [0.25, 0.3) is 0 Å². The van der Waals surface area contributed by atoms with Crippen LogP contribution in [0.4, 0.5) is 0 Å². The van der Waals surface area contributed by atoms with Gasteiger partial charge in [0.15, 0.2) is 0 Å². The molecule has 0 fully saturated rings. The largest absolute Gasteiger partial charge is 0.394 e. The Morgan fingerprint density at radius 1 is 0.274 bits per heavy atom. The van der Waals surface area contributed by atoms with Crippen molar-refractivity contribution in [2.24, 2.45) is 0 Å². The Morgan fingerprint density at radius 2 is 0.440 bits per heavy atom. The van der Waals surface area contributed by atoms with E-state index in [0.29, 0.717) is 6.42 Å². The number of carbonyl (C=O) groups is 1. The lowest BCUT2D eigenvalue weighted by atomic mass is 10.0. The Morgan fingerprint density at radius 3 is 0.619 bits per heavy atom. The van der Waals surface area contributed by atoms with Crippen molar-refractivity contribution < 1.29 is 15.0 Å². The van der Waals surface area contributed by atoms with E-state index in [2.05, 4.69) is 19.2 Å². The van der Waals surface area contributed by atoms with E-state index < -0.39 is 12.1 Å². The summed E-state index contributed by atoms with van der Waals surface area (Å²) in [6, 6.07) is -0.621. The highest BCUT2D eigenvalue weighted by atomic mass is 16.3.